The summed E-state index contributed by atoms with van der Waals surface area (Å²) in [7, 11) is 0. The molecule has 2 rings (SSSR count). The van der Waals surface area contributed by atoms with Crippen molar-refractivity contribution in [1.82, 2.24) is 4.90 Å². The summed E-state index contributed by atoms with van der Waals surface area (Å²) in [6, 6.07) is 3.61. The van der Waals surface area contributed by atoms with Gasteiger partial charge in [0.05, 0.1) is 11.1 Å². The zero-order valence-electron chi connectivity index (χ0n) is 10.4. The van der Waals surface area contributed by atoms with E-state index in [9.17, 15) is 22.4 Å². The number of nitrogens with zero attached hydrogens (tertiary/aromatic N) is 1. The molecule has 1 aliphatic rings. The molecule has 1 aliphatic heterocycles. The van der Waals surface area contributed by atoms with E-state index in [0.717, 1.165) is 6.07 Å². The first kappa shape index (κ1) is 15.5. The van der Waals surface area contributed by atoms with E-state index in [1.165, 1.54) is 17.0 Å². The first-order valence-corrected chi connectivity index (χ1v) is 7.17. The zero-order chi connectivity index (χ0) is 14.9. The van der Waals surface area contributed by atoms with Crippen LogP contribution in [0.2, 0.25) is 0 Å². The Morgan fingerprint density at radius 3 is 2.40 bits per heavy atom. The van der Waals surface area contributed by atoms with Crippen LogP contribution >= 0.6 is 22.6 Å². The minimum atomic E-state index is -4.58. The molecule has 0 N–H and O–H groups in total. The number of halogens is 5. The van der Waals surface area contributed by atoms with Crippen LogP contribution in [0.1, 0.15) is 28.8 Å². The van der Waals surface area contributed by atoms with Crippen LogP contribution in [-0.4, -0.2) is 30.1 Å². The highest BCUT2D eigenvalue weighted by atomic mass is 127. The standard InChI is InChI=1S/C13H12F4INO/c14-8-3-5-19(6-4-8)12(20)10-2-1-9(18)7-11(10)13(15,16)17/h1-2,7-8H,3-6H2. The summed E-state index contributed by atoms with van der Waals surface area (Å²) in [5.41, 5.74) is -1.30. The maximum absolute atomic E-state index is 13.0. The molecule has 0 saturated carbocycles. The molecule has 0 radical (unpaired) electrons. The number of hydrogen-bond acceptors (Lipinski definition) is 1. The van der Waals surface area contributed by atoms with Gasteiger partial charge in [-0.2, -0.15) is 13.2 Å². The Kier molecular flexibility index (Phi) is 4.55. The number of hydrogen-bond donors (Lipinski definition) is 0. The second-order valence-electron chi connectivity index (χ2n) is 4.65. The van der Waals surface area contributed by atoms with Crippen molar-refractivity contribution < 1.29 is 22.4 Å². The largest absolute Gasteiger partial charge is 0.417 e. The zero-order valence-corrected chi connectivity index (χ0v) is 12.5. The lowest BCUT2D eigenvalue weighted by molar-refractivity contribution is -0.138. The molecule has 1 fully saturated rings. The molecule has 1 saturated heterocycles. The van der Waals surface area contributed by atoms with E-state index >= 15 is 0 Å². The van der Waals surface area contributed by atoms with Crippen LogP contribution < -0.4 is 0 Å². The SMILES string of the molecule is O=C(c1ccc(I)cc1C(F)(F)F)N1CCC(F)CC1. The van der Waals surface area contributed by atoms with E-state index in [4.69, 9.17) is 0 Å². The third-order valence-electron chi connectivity index (χ3n) is 3.23. The molecule has 0 aromatic heterocycles. The summed E-state index contributed by atoms with van der Waals surface area (Å²) in [4.78, 5) is 13.5. The number of carbonyl (C=O) groups excluding carboxylic acids is 1. The van der Waals surface area contributed by atoms with Crippen LogP contribution in [0.3, 0.4) is 0 Å². The van der Waals surface area contributed by atoms with Crippen molar-refractivity contribution in [3.63, 3.8) is 0 Å². The third kappa shape index (κ3) is 3.42. The molecule has 0 bridgehead atoms. The maximum Gasteiger partial charge on any atom is 0.417 e. The molecule has 2 nitrogen and oxygen atoms in total. The fraction of sp³-hybridized carbons (Fsp3) is 0.462. The third-order valence-corrected chi connectivity index (χ3v) is 3.90. The van der Waals surface area contributed by atoms with Gasteiger partial charge in [-0.15, -0.1) is 0 Å². The minimum Gasteiger partial charge on any atom is -0.338 e. The predicted molar refractivity (Wildman–Crippen MR) is 74.2 cm³/mol. The number of benzene rings is 1. The van der Waals surface area contributed by atoms with Gasteiger partial charge in [0, 0.05) is 16.7 Å². The molecule has 1 heterocycles. The molecule has 0 aliphatic carbocycles. The van der Waals surface area contributed by atoms with Crippen LogP contribution in [0.4, 0.5) is 17.6 Å². The fourth-order valence-electron chi connectivity index (χ4n) is 2.16. The van der Waals surface area contributed by atoms with Crippen molar-refractivity contribution in [2.75, 3.05) is 13.1 Å². The van der Waals surface area contributed by atoms with Crippen LogP contribution in [0.5, 0.6) is 0 Å². The van der Waals surface area contributed by atoms with Crippen molar-refractivity contribution in [3.8, 4) is 0 Å². The molecule has 1 aromatic carbocycles. The summed E-state index contributed by atoms with van der Waals surface area (Å²) in [6.07, 6.45) is -5.20. The molecule has 0 unspecified atom stereocenters. The Labute approximate surface area is 127 Å². The van der Waals surface area contributed by atoms with Crippen LogP contribution in [-0.2, 0) is 6.18 Å². The average Bonchev–Trinajstić information content (AvgIpc) is 2.38. The summed E-state index contributed by atoms with van der Waals surface area (Å²) >= 11 is 1.77. The van der Waals surface area contributed by atoms with Crippen LogP contribution in [0.25, 0.3) is 0 Å². The highest BCUT2D eigenvalue weighted by Crippen LogP contribution is 2.34. The van der Waals surface area contributed by atoms with Crippen molar-refractivity contribution in [1.29, 1.82) is 0 Å². The van der Waals surface area contributed by atoms with Crippen LogP contribution in [0, 0.1) is 3.57 Å². The lowest BCUT2D eigenvalue weighted by Gasteiger charge is -2.29. The van der Waals surface area contributed by atoms with Gasteiger partial charge in [0.2, 0.25) is 0 Å². The average molecular weight is 401 g/mol. The summed E-state index contributed by atoms with van der Waals surface area (Å²) in [5, 5.41) is 0. The number of alkyl halides is 4. The lowest BCUT2D eigenvalue weighted by Crippen LogP contribution is -2.39. The predicted octanol–water partition coefficient (Wildman–Crippen LogP) is 3.88. The molecule has 1 aromatic rings. The summed E-state index contributed by atoms with van der Waals surface area (Å²) < 4.78 is 52.4. The van der Waals surface area contributed by atoms with Gasteiger partial charge in [0.15, 0.2) is 0 Å². The Bertz CT molecular complexity index is 510. The first-order chi connectivity index (χ1) is 9.29. The molecule has 1 amide bonds. The van der Waals surface area contributed by atoms with E-state index < -0.39 is 23.8 Å². The molecule has 20 heavy (non-hydrogen) atoms. The summed E-state index contributed by atoms with van der Waals surface area (Å²) in [5.74, 6) is -0.680. The number of piperidine rings is 1. The van der Waals surface area contributed by atoms with E-state index in [1.807, 2.05) is 0 Å². The smallest absolute Gasteiger partial charge is 0.338 e. The van der Waals surface area contributed by atoms with Gasteiger partial charge in [-0.3, -0.25) is 4.79 Å². The van der Waals surface area contributed by atoms with Crippen molar-refractivity contribution >= 4 is 28.5 Å². The van der Waals surface area contributed by atoms with Gasteiger partial charge >= 0.3 is 6.18 Å². The second-order valence-corrected chi connectivity index (χ2v) is 5.90. The Morgan fingerprint density at radius 2 is 1.85 bits per heavy atom. The summed E-state index contributed by atoms with van der Waals surface area (Å²) in [6.45, 7) is 0.312. The maximum atomic E-state index is 13.0. The molecule has 0 spiro atoms. The number of rotatable bonds is 1. The number of amides is 1. The highest BCUT2D eigenvalue weighted by molar-refractivity contribution is 14.1. The van der Waals surface area contributed by atoms with E-state index in [0.29, 0.717) is 3.57 Å². The lowest BCUT2D eigenvalue weighted by atomic mass is 10.0. The van der Waals surface area contributed by atoms with Gasteiger partial charge in [-0.05, 0) is 53.6 Å². The quantitative estimate of drug-likeness (QED) is 0.517. The van der Waals surface area contributed by atoms with E-state index in [-0.39, 0.29) is 31.5 Å². The van der Waals surface area contributed by atoms with E-state index in [2.05, 4.69) is 0 Å². The van der Waals surface area contributed by atoms with E-state index in [1.54, 1.807) is 22.6 Å². The Balaban J connectivity index is 2.30. The van der Waals surface area contributed by atoms with Gasteiger partial charge in [0.1, 0.15) is 6.17 Å². The van der Waals surface area contributed by atoms with Gasteiger partial charge in [-0.25, -0.2) is 4.39 Å². The number of likely N-dealkylation sites (tertiary alicyclic amines) is 1. The molecule has 0 atom stereocenters. The Morgan fingerprint density at radius 1 is 1.25 bits per heavy atom. The molecular weight excluding hydrogens is 389 g/mol. The van der Waals surface area contributed by atoms with Crippen molar-refractivity contribution in [2.45, 2.75) is 25.2 Å². The fourth-order valence-corrected chi connectivity index (χ4v) is 2.65. The topological polar surface area (TPSA) is 20.3 Å². The van der Waals surface area contributed by atoms with Crippen LogP contribution in [0.15, 0.2) is 18.2 Å². The highest BCUT2D eigenvalue weighted by Gasteiger charge is 2.37. The van der Waals surface area contributed by atoms with Gasteiger partial charge < -0.3 is 4.90 Å². The Hall–Kier alpha value is -0.860. The molecule has 110 valence electrons. The normalized spacial score (nSPS) is 17.4. The van der Waals surface area contributed by atoms with Gasteiger partial charge in [-0.1, -0.05) is 0 Å². The minimum absolute atomic E-state index is 0.156. The second kappa shape index (κ2) is 5.87. The molecule has 7 heteroatoms. The monoisotopic (exact) mass is 401 g/mol. The molecular formula is C13H12F4INO. The first-order valence-electron chi connectivity index (χ1n) is 6.09. The van der Waals surface area contributed by atoms with Gasteiger partial charge in [0.25, 0.3) is 5.91 Å². The number of carbonyl (C=O) groups is 1. The van der Waals surface area contributed by atoms with Crippen molar-refractivity contribution in [3.05, 3.63) is 32.9 Å². The van der Waals surface area contributed by atoms with Crippen molar-refractivity contribution in [2.24, 2.45) is 0 Å².